The standard InChI is InChI=1S/C12H19N3O2S/c1-8(2)11-14-7-9(10(15-11)12(16)17)13-5-4-6-18-3/h7-8,13H,4-6H2,1-3H3,(H,16,17). The molecule has 0 unspecified atom stereocenters. The fraction of sp³-hybridized carbons (Fsp3) is 0.583. The normalized spacial score (nSPS) is 10.7. The van der Waals surface area contributed by atoms with Crippen molar-refractivity contribution >= 4 is 23.4 Å². The minimum absolute atomic E-state index is 0.0536. The second-order valence-electron chi connectivity index (χ2n) is 4.22. The van der Waals surface area contributed by atoms with Crippen molar-refractivity contribution in [1.82, 2.24) is 9.97 Å². The molecule has 1 aromatic rings. The molecule has 0 saturated carbocycles. The van der Waals surface area contributed by atoms with Crippen LogP contribution in [0.2, 0.25) is 0 Å². The number of anilines is 1. The van der Waals surface area contributed by atoms with Gasteiger partial charge in [0.25, 0.3) is 0 Å². The molecule has 6 heteroatoms. The molecule has 0 aromatic carbocycles. The SMILES string of the molecule is CSCCCNc1cnc(C(C)C)nc1C(=O)O. The van der Waals surface area contributed by atoms with Crippen LogP contribution in [-0.4, -0.2) is 39.6 Å². The van der Waals surface area contributed by atoms with Crippen molar-refractivity contribution in [2.75, 3.05) is 23.9 Å². The van der Waals surface area contributed by atoms with Crippen molar-refractivity contribution in [3.05, 3.63) is 17.7 Å². The Morgan fingerprint density at radius 3 is 2.83 bits per heavy atom. The van der Waals surface area contributed by atoms with E-state index in [4.69, 9.17) is 5.11 Å². The van der Waals surface area contributed by atoms with Gasteiger partial charge in [0.05, 0.1) is 11.9 Å². The summed E-state index contributed by atoms with van der Waals surface area (Å²) in [5, 5.41) is 12.2. The number of carboxylic acids is 1. The van der Waals surface area contributed by atoms with Gasteiger partial charge in [-0.1, -0.05) is 13.8 Å². The van der Waals surface area contributed by atoms with Crippen LogP contribution < -0.4 is 5.32 Å². The van der Waals surface area contributed by atoms with Crippen molar-refractivity contribution < 1.29 is 9.90 Å². The molecule has 0 atom stereocenters. The number of aromatic nitrogens is 2. The lowest BCUT2D eigenvalue weighted by Crippen LogP contribution is -2.13. The van der Waals surface area contributed by atoms with Gasteiger partial charge in [-0.05, 0) is 18.4 Å². The quantitative estimate of drug-likeness (QED) is 0.741. The molecule has 5 nitrogen and oxygen atoms in total. The maximum atomic E-state index is 11.2. The van der Waals surface area contributed by atoms with Gasteiger partial charge in [0.15, 0.2) is 5.69 Å². The predicted octanol–water partition coefficient (Wildman–Crippen LogP) is 2.46. The summed E-state index contributed by atoms with van der Waals surface area (Å²) in [5.74, 6) is 0.697. The summed E-state index contributed by atoms with van der Waals surface area (Å²) in [6.45, 7) is 4.60. The highest BCUT2D eigenvalue weighted by Gasteiger charge is 2.15. The minimum Gasteiger partial charge on any atom is -0.476 e. The van der Waals surface area contributed by atoms with Gasteiger partial charge in [0, 0.05) is 12.5 Å². The first-order valence-electron chi connectivity index (χ1n) is 5.89. The number of carbonyl (C=O) groups is 1. The second kappa shape index (κ2) is 7.20. The highest BCUT2D eigenvalue weighted by Crippen LogP contribution is 2.16. The molecule has 0 amide bonds. The fourth-order valence-electron chi connectivity index (χ4n) is 1.41. The summed E-state index contributed by atoms with van der Waals surface area (Å²) >= 11 is 1.77. The van der Waals surface area contributed by atoms with E-state index in [9.17, 15) is 4.79 Å². The van der Waals surface area contributed by atoms with E-state index < -0.39 is 5.97 Å². The number of thioether (sulfide) groups is 1. The molecule has 1 rings (SSSR count). The Kier molecular flexibility index (Phi) is 5.91. The number of rotatable bonds is 7. The van der Waals surface area contributed by atoms with Crippen LogP contribution in [0, 0.1) is 0 Å². The van der Waals surface area contributed by atoms with Crippen LogP contribution in [0.3, 0.4) is 0 Å². The van der Waals surface area contributed by atoms with Crippen molar-refractivity contribution in [2.45, 2.75) is 26.2 Å². The third-order valence-electron chi connectivity index (χ3n) is 2.37. The first kappa shape index (κ1) is 14.8. The van der Waals surface area contributed by atoms with E-state index in [1.165, 1.54) is 0 Å². The van der Waals surface area contributed by atoms with Gasteiger partial charge >= 0.3 is 5.97 Å². The molecule has 0 aliphatic carbocycles. The van der Waals surface area contributed by atoms with Crippen molar-refractivity contribution in [2.24, 2.45) is 0 Å². The zero-order chi connectivity index (χ0) is 13.5. The first-order chi connectivity index (χ1) is 8.56. The van der Waals surface area contributed by atoms with Gasteiger partial charge in [0.2, 0.25) is 0 Å². The minimum atomic E-state index is -1.02. The van der Waals surface area contributed by atoms with Crippen LogP contribution in [0.25, 0.3) is 0 Å². The summed E-state index contributed by atoms with van der Waals surface area (Å²) in [4.78, 5) is 19.4. The molecule has 2 N–H and O–H groups in total. The number of nitrogens with zero attached hydrogens (tertiary/aromatic N) is 2. The maximum absolute atomic E-state index is 11.2. The number of hydrogen-bond acceptors (Lipinski definition) is 5. The van der Waals surface area contributed by atoms with E-state index >= 15 is 0 Å². The highest BCUT2D eigenvalue weighted by atomic mass is 32.2. The Morgan fingerprint density at radius 1 is 1.56 bits per heavy atom. The maximum Gasteiger partial charge on any atom is 0.356 e. The molecular formula is C12H19N3O2S. The zero-order valence-corrected chi connectivity index (χ0v) is 11.8. The zero-order valence-electron chi connectivity index (χ0n) is 10.9. The van der Waals surface area contributed by atoms with Crippen LogP contribution in [0.5, 0.6) is 0 Å². The fourth-order valence-corrected chi connectivity index (χ4v) is 1.84. The van der Waals surface area contributed by atoms with Crippen LogP contribution in [0.4, 0.5) is 5.69 Å². The molecule has 0 bridgehead atoms. The molecule has 1 aromatic heterocycles. The summed E-state index contributed by atoms with van der Waals surface area (Å²) < 4.78 is 0. The number of carboxylic acid groups (broad SMARTS) is 1. The predicted molar refractivity (Wildman–Crippen MR) is 74.6 cm³/mol. The summed E-state index contributed by atoms with van der Waals surface area (Å²) in [5.41, 5.74) is 0.547. The molecule has 0 spiro atoms. The Morgan fingerprint density at radius 2 is 2.28 bits per heavy atom. The Labute approximate surface area is 111 Å². The molecule has 100 valence electrons. The van der Waals surface area contributed by atoms with E-state index in [-0.39, 0.29) is 11.6 Å². The van der Waals surface area contributed by atoms with E-state index in [0.29, 0.717) is 11.5 Å². The Hall–Kier alpha value is -1.30. The van der Waals surface area contributed by atoms with Crippen LogP contribution in [0.15, 0.2) is 6.20 Å². The summed E-state index contributed by atoms with van der Waals surface area (Å²) in [6.07, 6.45) is 4.58. The molecule has 0 saturated heterocycles. The molecule has 0 aliphatic rings. The van der Waals surface area contributed by atoms with Crippen LogP contribution >= 0.6 is 11.8 Å². The third kappa shape index (κ3) is 4.18. The van der Waals surface area contributed by atoms with Crippen molar-refractivity contribution in [3.8, 4) is 0 Å². The topological polar surface area (TPSA) is 75.1 Å². The lowest BCUT2D eigenvalue weighted by Gasteiger charge is -2.10. The van der Waals surface area contributed by atoms with Crippen LogP contribution in [-0.2, 0) is 0 Å². The monoisotopic (exact) mass is 269 g/mol. The largest absolute Gasteiger partial charge is 0.476 e. The molecule has 18 heavy (non-hydrogen) atoms. The summed E-state index contributed by atoms with van der Waals surface area (Å²) in [7, 11) is 0. The van der Waals surface area contributed by atoms with Gasteiger partial charge in [-0.25, -0.2) is 14.8 Å². The highest BCUT2D eigenvalue weighted by molar-refractivity contribution is 7.98. The van der Waals surface area contributed by atoms with Gasteiger partial charge in [0.1, 0.15) is 5.82 Å². The number of nitrogens with one attached hydrogen (secondary N) is 1. The van der Waals surface area contributed by atoms with Crippen molar-refractivity contribution in [1.29, 1.82) is 0 Å². The Balaban J connectivity index is 2.80. The van der Waals surface area contributed by atoms with Crippen LogP contribution in [0.1, 0.15) is 42.5 Å². The molecule has 0 aliphatic heterocycles. The lowest BCUT2D eigenvalue weighted by molar-refractivity contribution is 0.0691. The average molecular weight is 269 g/mol. The Bertz CT molecular complexity index is 410. The molecule has 1 heterocycles. The van der Waals surface area contributed by atoms with Gasteiger partial charge in [-0.3, -0.25) is 0 Å². The smallest absolute Gasteiger partial charge is 0.356 e. The first-order valence-corrected chi connectivity index (χ1v) is 7.28. The van der Waals surface area contributed by atoms with Gasteiger partial charge in [-0.2, -0.15) is 11.8 Å². The number of aromatic carboxylic acids is 1. The molecular weight excluding hydrogens is 250 g/mol. The van der Waals surface area contributed by atoms with E-state index in [0.717, 1.165) is 18.7 Å². The average Bonchev–Trinajstić information content (AvgIpc) is 2.34. The molecule has 0 radical (unpaired) electrons. The molecule has 0 fully saturated rings. The van der Waals surface area contributed by atoms with Crippen molar-refractivity contribution in [3.63, 3.8) is 0 Å². The van der Waals surface area contributed by atoms with E-state index in [1.54, 1.807) is 18.0 Å². The van der Waals surface area contributed by atoms with E-state index in [2.05, 4.69) is 15.3 Å². The second-order valence-corrected chi connectivity index (χ2v) is 5.21. The summed E-state index contributed by atoms with van der Waals surface area (Å²) in [6, 6.07) is 0. The van der Waals surface area contributed by atoms with Gasteiger partial charge in [-0.15, -0.1) is 0 Å². The lowest BCUT2D eigenvalue weighted by atomic mass is 10.2. The number of hydrogen-bond donors (Lipinski definition) is 2. The van der Waals surface area contributed by atoms with E-state index in [1.807, 2.05) is 20.1 Å². The van der Waals surface area contributed by atoms with Gasteiger partial charge < -0.3 is 10.4 Å². The third-order valence-corrected chi connectivity index (χ3v) is 3.06.